The molecule has 2 fully saturated rings. The molecule has 2 aliphatic rings. The molecule has 1 aliphatic heterocycles. The third-order valence-corrected chi connectivity index (χ3v) is 7.16. The second-order valence-corrected chi connectivity index (χ2v) is 9.05. The first-order valence-electron chi connectivity index (χ1n) is 9.03. The van der Waals surface area contributed by atoms with Gasteiger partial charge >= 0.3 is 0 Å². The molecular weight excluding hydrogens is 371 g/mol. The predicted octanol–water partition coefficient (Wildman–Crippen LogP) is 2.78. The van der Waals surface area contributed by atoms with Crippen LogP contribution in [0.1, 0.15) is 25.7 Å². The Kier molecular flexibility index (Phi) is 4.96. The highest BCUT2D eigenvalue weighted by atomic mass is 32.2. The van der Waals surface area contributed by atoms with Gasteiger partial charge < -0.3 is 10.1 Å². The number of nitrogens with zero attached hydrogens (tertiary/aromatic N) is 3. The van der Waals surface area contributed by atoms with E-state index in [-0.39, 0.29) is 17.1 Å². The van der Waals surface area contributed by atoms with E-state index in [0.717, 1.165) is 12.8 Å². The fraction of sp³-hybridized carbons (Fsp3) is 0.444. The minimum Gasteiger partial charge on any atom is -0.439 e. The summed E-state index contributed by atoms with van der Waals surface area (Å²) in [6.45, 7) is 1.03. The normalized spacial score (nSPS) is 19.0. The number of nitrogens with one attached hydrogen (secondary N) is 1. The van der Waals surface area contributed by atoms with Crippen LogP contribution in [0.2, 0.25) is 0 Å². The van der Waals surface area contributed by atoms with Gasteiger partial charge in [-0.2, -0.15) is 4.98 Å². The smallest absolute Gasteiger partial charge is 0.226 e. The van der Waals surface area contributed by atoms with Gasteiger partial charge in [-0.3, -0.25) is 0 Å². The molecule has 1 aromatic heterocycles. The summed E-state index contributed by atoms with van der Waals surface area (Å²) in [7, 11) is -3.10. The summed E-state index contributed by atoms with van der Waals surface area (Å²) >= 11 is 0. The molecule has 0 bridgehead atoms. The molecule has 0 radical (unpaired) electrons. The molecule has 2 heterocycles. The molecule has 1 saturated carbocycles. The van der Waals surface area contributed by atoms with Crippen LogP contribution in [0.4, 0.5) is 10.3 Å². The number of ether oxygens (including phenoxy) is 1. The van der Waals surface area contributed by atoms with Crippen LogP contribution in [-0.2, 0) is 10.0 Å². The van der Waals surface area contributed by atoms with E-state index in [1.54, 1.807) is 16.6 Å². The number of sulfonamides is 1. The standard InChI is InChI=1S/C18H21FN4O3S/c19-13-1-3-15(4-2-13)26-17-7-10-20-18(22-17)21-14-8-11-23(12-9-14)27(24,25)16-5-6-16/h1-4,7,10,14,16H,5-6,8-9,11-12H2,(H,20,21,22). The molecule has 1 saturated heterocycles. The minimum atomic E-state index is -3.10. The molecule has 27 heavy (non-hydrogen) atoms. The first-order chi connectivity index (χ1) is 13.0. The van der Waals surface area contributed by atoms with E-state index in [4.69, 9.17) is 4.74 Å². The van der Waals surface area contributed by atoms with Crippen molar-refractivity contribution in [1.29, 1.82) is 0 Å². The van der Waals surface area contributed by atoms with Crippen molar-refractivity contribution in [2.24, 2.45) is 0 Å². The van der Waals surface area contributed by atoms with Crippen LogP contribution in [-0.4, -0.2) is 47.1 Å². The van der Waals surface area contributed by atoms with Gasteiger partial charge in [0.05, 0.1) is 5.25 Å². The Labute approximate surface area is 157 Å². The topological polar surface area (TPSA) is 84.4 Å². The summed E-state index contributed by atoms with van der Waals surface area (Å²) in [6.07, 6.45) is 4.57. The van der Waals surface area contributed by atoms with Crippen LogP contribution in [0.5, 0.6) is 11.6 Å². The average molecular weight is 392 g/mol. The van der Waals surface area contributed by atoms with Crippen LogP contribution in [0, 0.1) is 5.82 Å². The largest absolute Gasteiger partial charge is 0.439 e. The van der Waals surface area contributed by atoms with Gasteiger partial charge in [-0.1, -0.05) is 0 Å². The number of rotatable bonds is 6. The SMILES string of the molecule is O=S(=O)(C1CC1)N1CCC(Nc2nccc(Oc3ccc(F)cc3)n2)CC1. The zero-order chi connectivity index (χ0) is 18.9. The Morgan fingerprint density at radius 3 is 2.44 bits per heavy atom. The van der Waals surface area contributed by atoms with Gasteiger partial charge in [-0.15, -0.1) is 0 Å². The number of piperidine rings is 1. The van der Waals surface area contributed by atoms with Crippen molar-refractivity contribution < 1.29 is 17.5 Å². The van der Waals surface area contributed by atoms with E-state index in [2.05, 4.69) is 15.3 Å². The van der Waals surface area contributed by atoms with Gasteiger partial charge in [0, 0.05) is 31.4 Å². The van der Waals surface area contributed by atoms with Crippen molar-refractivity contribution in [3.8, 4) is 11.6 Å². The fourth-order valence-corrected chi connectivity index (χ4v) is 4.98. The third kappa shape index (κ3) is 4.36. The third-order valence-electron chi connectivity index (χ3n) is 4.76. The van der Waals surface area contributed by atoms with E-state index in [9.17, 15) is 12.8 Å². The molecule has 0 amide bonds. The number of anilines is 1. The zero-order valence-corrected chi connectivity index (χ0v) is 15.5. The van der Waals surface area contributed by atoms with E-state index >= 15 is 0 Å². The summed E-state index contributed by atoms with van der Waals surface area (Å²) in [5.41, 5.74) is 0. The van der Waals surface area contributed by atoms with Crippen molar-refractivity contribution in [2.45, 2.75) is 37.0 Å². The lowest BCUT2D eigenvalue weighted by atomic mass is 10.1. The highest BCUT2D eigenvalue weighted by Gasteiger charge is 2.41. The highest BCUT2D eigenvalue weighted by Crippen LogP contribution is 2.32. The molecule has 0 spiro atoms. The van der Waals surface area contributed by atoms with Crippen molar-refractivity contribution in [2.75, 3.05) is 18.4 Å². The number of hydrogen-bond acceptors (Lipinski definition) is 6. The number of hydrogen-bond donors (Lipinski definition) is 1. The van der Waals surface area contributed by atoms with E-state index < -0.39 is 10.0 Å². The summed E-state index contributed by atoms with van der Waals surface area (Å²) in [4.78, 5) is 8.52. The molecule has 4 rings (SSSR count). The maximum atomic E-state index is 13.0. The van der Waals surface area contributed by atoms with Gasteiger partial charge in [0.25, 0.3) is 0 Å². The van der Waals surface area contributed by atoms with Crippen LogP contribution in [0.25, 0.3) is 0 Å². The molecule has 144 valence electrons. The van der Waals surface area contributed by atoms with Gasteiger partial charge in [0.15, 0.2) is 0 Å². The molecule has 0 unspecified atom stereocenters. The lowest BCUT2D eigenvalue weighted by molar-refractivity contribution is 0.328. The van der Waals surface area contributed by atoms with Crippen LogP contribution in [0.15, 0.2) is 36.5 Å². The number of aromatic nitrogens is 2. The summed E-state index contributed by atoms with van der Waals surface area (Å²) in [5.74, 6) is 0.938. The highest BCUT2D eigenvalue weighted by molar-refractivity contribution is 7.90. The van der Waals surface area contributed by atoms with Gasteiger partial charge in [-0.05, 0) is 49.9 Å². The van der Waals surface area contributed by atoms with Gasteiger partial charge in [0.2, 0.25) is 21.9 Å². The van der Waals surface area contributed by atoms with Crippen molar-refractivity contribution in [3.63, 3.8) is 0 Å². The Morgan fingerprint density at radius 1 is 1.07 bits per heavy atom. The van der Waals surface area contributed by atoms with Crippen molar-refractivity contribution in [1.82, 2.24) is 14.3 Å². The second kappa shape index (κ2) is 7.40. The molecule has 2 aromatic rings. The lowest BCUT2D eigenvalue weighted by Crippen LogP contribution is -2.43. The summed E-state index contributed by atoms with van der Waals surface area (Å²) in [6, 6.07) is 7.43. The Hall–Kier alpha value is -2.26. The molecule has 1 N–H and O–H groups in total. The molecule has 0 atom stereocenters. The van der Waals surface area contributed by atoms with Crippen molar-refractivity contribution >= 4 is 16.0 Å². The van der Waals surface area contributed by atoms with Gasteiger partial charge in [-0.25, -0.2) is 22.1 Å². The van der Waals surface area contributed by atoms with Crippen LogP contribution >= 0.6 is 0 Å². The summed E-state index contributed by atoms with van der Waals surface area (Å²) in [5, 5.41) is 3.09. The number of benzene rings is 1. The average Bonchev–Trinajstić information content (AvgIpc) is 3.50. The first kappa shape index (κ1) is 18.1. The fourth-order valence-electron chi connectivity index (χ4n) is 3.11. The zero-order valence-electron chi connectivity index (χ0n) is 14.7. The lowest BCUT2D eigenvalue weighted by Gasteiger charge is -2.31. The second-order valence-electron chi connectivity index (χ2n) is 6.84. The van der Waals surface area contributed by atoms with Crippen molar-refractivity contribution in [3.05, 3.63) is 42.3 Å². The Morgan fingerprint density at radius 2 is 1.78 bits per heavy atom. The van der Waals surface area contributed by atoms with Gasteiger partial charge in [0.1, 0.15) is 11.6 Å². The first-order valence-corrected chi connectivity index (χ1v) is 10.5. The van der Waals surface area contributed by atoms with E-state index in [0.29, 0.717) is 43.5 Å². The molecular formula is C18H21FN4O3S. The monoisotopic (exact) mass is 392 g/mol. The Bertz CT molecular complexity index is 895. The quantitative estimate of drug-likeness (QED) is 0.814. The van der Waals surface area contributed by atoms with E-state index in [1.807, 2.05) is 0 Å². The van der Waals surface area contributed by atoms with E-state index in [1.165, 1.54) is 24.3 Å². The maximum Gasteiger partial charge on any atom is 0.226 e. The predicted molar refractivity (Wildman–Crippen MR) is 98.7 cm³/mol. The Balaban J connectivity index is 1.34. The molecule has 7 nitrogen and oxygen atoms in total. The molecule has 1 aromatic carbocycles. The van der Waals surface area contributed by atoms with Crippen LogP contribution < -0.4 is 10.1 Å². The molecule has 9 heteroatoms. The summed E-state index contributed by atoms with van der Waals surface area (Å²) < 4.78 is 44.8. The van der Waals surface area contributed by atoms with Crippen LogP contribution in [0.3, 0.4) is 0 Å². The number of halogens is 1. The minimum absolute atomic E-state index is 0.108. The molecule has 1 aliphatic carbocycles. The maximum absolute atomic E-state index is 13.0.